The van der Waals surface area contributed by atoms with Crippen LogP contribution in [0.25, 0.3) is 0 Å². The molecule has 0 unspecified atom stereocenters. The highest BCUT2D eigenvalue weighted by Crippen LogP contribution is 2.23. The second-order valence-electron chi connectivity index (χ2n) is 5.18. The number of urea groups is 1. The number of benzene rings is 1. The fraction of sp³-hybridized carbons (Fsp3) is 0.429. The van der Waals surface area contributed by atoms with Crippen LogP contribution in [0, 0.1) is 0 Å². The molecule has 0 atom stereocenters. The third-order valence-corrected chi connectivity index (χ3v) is 3.84. The zero-order valence-electron chi connectivity index (χ0n) is 11.7. The number of nitrogens with one attached hydrogen (secondary N) is 2. The summed E-state index contributed by atoms with van der Waals surface area (Å²) >= 11 is 5.96. The lowest BCUT2D eigenvalue weighted by Crippen LogP contribution is -2.44. The highest BCUT2D eigenvalue weighted by atomic mass is 35.5. The molecule has 2 amide bonds. The van der Waals surface area contributed by atoms with Crippen LogP contribution >= 0.6 is 11.6 Å². The molecule has 3 N–H and O–H groups in total. The van der Waals surface area contributed by atoms with Gasteiger partial charge in [-0.1, -0.05) is 11.6 Å². The molecule has 114 valence electrons. The van der Waals surface area contributed by atoms with Crippen LogP contribution in [-0.4, -0.2) is 48.2 Å². The molecular formula is C14H18ClN3O3. The van der Waals surface area contributed by atoms with E-state index in [1.807, 2.05) is 7.05 Å². The molecule has 2 rings (SSSR count). The lowest BCUT2D eigenvalue weighted by atomic mass is 10.1. The number of halogens is 1. The summed E-state index contributed by atoms with van der Waals surface area (Å²) in [4.78, 5) is 25.1. The van der Waals surface area contributed by atoms with Gasteiger partial charge in [0.1, 0.15) is 0 Å². The lowest BCUT2D eigenvalue weighted by Gasteiger charge is -2.29. The number of likely N-dealkylation sites (tertiary alicyclic amines) is 1. The second-order valence-corrected chi connectivity index (χ2v) is 5.58. The molecule has 1 aromatic carbocycles. The van der Waals surface area contributed by atoms with Crippen molar-refractivity contribution in [2.45, 2.75) is 18.9 Å². The van der Waals surface area contributed by atoms with Gasteiger partial charge in [0.05, 0.1) is 16.3 Å². The minimum absolute atomic E-state index is 0.0778. The molecule has 0 bridgehead atoms. The Morgan fingerprint density at radius 2 is 2.00 bits per heavy atom. The molecule has 21 heavy (non-hydrogen) atoms. The summed E-state index contributed by atoms with van der Waals surface area (Å²) in [6, 6.07) is 3.96. The molecule has 0 aliphatic carbocycles. The molecule has 1 aromatic rings. The lowest BCUT2D eigenvalue weighted by molar-refractivity contribution is 0.0697. The Balaban J connectivity index is 1.96. The predicted molar refractivity (Wildman–Crippen MR) is 81.1 cm³/mol. The first-order valence-corrected chi connectivity index (χ1v) is 7.12. The van der Waals surface area contributed by atoms with Gasteiger partial charge in [0.25, 0.3) is 0 Å². The van der Waals surface area contributed by atoms with Crippen LogP contribution in [0.3, 0.4) is 0 Å². The number of piperidine rings is 1. The first-order valence-electron chi connectivity index (χ1n) is 6.74. The van der Waals surface area contributed by atoms with Gasteiger partial charge in [-0.2, -0.15) is 0 Å². The number of aromatic carboxylic acids is 1. The van der Waals surface area contributed by atoms with E-state index in [4.69, 9.17) is 16.7 Å². The highest BCUT2D eigenvalue weighted by Gasteiger charge is 2.19. The topological polar surface area (TPSA) is 81.7 Å². The van der Waals surface area contributed by atoms with Gasteiger partial charge in [-0.25, -0.2) is 9.59 Å². The van der Waals surface area contributed by atoms with Crippen molar-refractivity contribution in [3.05, 3.63) is 28.8 Å². The van der Waals surface area contributed by atoms with Crippen LogP contribution in [-0.2, 0) is 0 Å². The molecule has 6 nitrogen and oxygen atoms in total. The Hall–Kier alpha value is -1.79. The molecule has 1 aliphatic heterocycles. The number of carboxylic acid groups (broad SMARTS) is 1. The zero-order chi connectivity index (χ0) is 15.4. The summed E-state index contributed by atoms with van der Waals surface area (Å²) in [5, 5.41) is 14.7. The molecule has 1 saturated heterocycles. The highest BCUT2D eigenvalue weighted by molar-refractivity contribution is 6.33. The van der Waals surface area contributed by atoms with Crippen molar-refractivity contribution in [1.29, 1.82) is 0 Å². The van der Waals surface area contributed by atoms with E-state index < -0.39 is 5.97 Å². The summed E-state index contributed by atoms with van der Waals surface area (Å²) in [5.74, 6) is -1.06. The van der Waals surface area contributed by atoms with Gasteiger partial charge in [0.2, 0.25) is 0 Å². The molecule has 0 spiro atoms. The van der Waals surface area contributed by atoms with Crippen LogP contribution in [0.5, 0.6) is 0 Å². The Morgan fingerprint density at radius 1 is 1.33 bits per heavy atom. The summed E-state index contributed by atoms with van der Waals surface area (Å²) < 4.78 is 0. The number of hydrogen-bond donors (Lipinski definition) is 3. The van der Waals surface area contributed by atoms with E-state index in [-0.39, 0.29) is 17.6 Å². The Morgan fingerprint density at radius 3 is 2.62 bits per heavy atom. The second kappa shape index (κ2) is 6.78. The number of amides is 2. The van der Waals surface area contributed by atoms with Gasteiger partial charge in [0.15, 0.2) is 0 Å². The molecule has 1 fully saturated rings. The van der Waals surface area contributed by atoms with Gasteiger partial charge in [-0.05, 0) is 51.2 Å². The number of hydrogen-bond acceptors (Lipinski definition) is 3. The Kier molecular flexibility index (Phi) is 5.03. The van der Waals surface area contributed by atoms with E-state index in [0.29, 0.717) is 10.7 Å². The molecular weight excluding hydrogens is 294 g/mol. The first kappa shape index (κ1) is 15.6. The maximum atomic E-state index is 12.0. The summed E-state index contributed by atoms with van der Waals surface area (Å²) in [6.45, 7) is 1.89. The smallest absolute Gasteiger partial charge is 0.335 e. The van der Waals surface area contributed by atoms with Crippen molar-refractivity contribution in [3.63, 3.8) is 0 Å². The monoisotopic (exact) mass is 311 g/mol. The summed E-state index contributed by atoms with van der Waals surface area (Å²) in [6.07, 6.45) is 1.79. The number of nitrogens with zero attached hydrogens (tertiary/aromatic N) is 1. The third kappa shape index (κ3) is 4.34. The normalized spacial score (nSPS) is 16.5. The molecule has 1 aliphatic rings. The molecule has 0 radical (unpaired) electrons. The maximum absolute atomic E-state index is 12.0. The van der Waals surface area contributed by atoms with Crippen LogP contribution in [0.2, 0.25) is 5.02 Å². The van der Waals surface area contributed by atoms with Gasteiger partial charge in [0, 0.05) is 6.04 Å². The molecule has 7 heteroatoms. The van der Waals surface area contributed by atoms with E-state index in [2.05, 4.69) is 15.5 Å². The number of anilines is 1. The molecule has 0 aromatic heterocycles. The van der Waals surface area contributed by atoms with E-state index in [0.717, 1.165) is 25.9 Å². The number of carbonyl (C=O) groups is 2. The average Bonchev–Trinajstić information content (AvgIpc) is 2.43. The minimum atomic E-state index is -1.06. The summed E-state index contributed by atoms with van der Waals surface area (Å²) in [5.41, 5.74) is 0.371. The fourth-order valence-electron chi connectivity index (χ4n) is 2.25. The van der Waals surface area contributed by atoms with Crippen molar-refractivity contribution in [2.24, 2.45) is 0 Å². The Bertz CT molecular complexity index is 542. The Labute approximate surface area is 128 Å². The zero-order valence-corrected chi connectivity index (χ0v) is 12.5. The standard InChI is InChI=1S/C14H18ClN3O3/c1-18-6-4-10(5-7-18)16-14(21)17-12-8-9(13(19)20)2-3-11(12)15/h2-3,8,10H,4-7H2,1H3,(H,19,20)(H2,16,17,21). The fourth-order valence-corrected chi connectivity index (χ4v) is 2.42. The van der Waals surface area contributed by atoms with Gasteiger partial charge >= 0.3 is 12.0 Å². The van der Waals surface area contributed by atoms with E-state index in [1.54, 1.807) is 0 Å². The van der Waals surface area contributed by atoms with Crippen molar-refractivity contribution in [2.75, 3.05) is 25.5 Å². The van der Waals surface area contributed by atoms with Crippen molar-refractivity contribution < 1.29 is 14.7 Å². The maximum Gasteiger partial charge on any atom is 0.335 e. The molecule has 1 heterocycles. The van der Waals surface area contributed by atoms with Gasteiger partial charge in [-0.3, -0.25) is 0 Å². The van der Waals surface area contributed by atoms with E-state index in [9.17, 15) is 9.59 Å². The van der Waals surface area contributed by atoms with Crippen LogP contribution in [0.15, 0.2) is 18.2 Å². The molecule has 0 saturated carbocycles. The van der Waals surface area contributed by atoms with E-state index >= 15 is 0 Å². The first-order chi connectivity index (χ1) is 9.95. The van der Waals surface area contributed by atoms with Gasteiger partial charge < -0.3 is 20.6 Å². The predicted octanol–water partition coefficient (Wildman–Crippen LogP) is 2.25. The number of carbonyl (C=O) groups excluding carboxylic acids is 1. The number of rotatable bonds is 3. The third-order valence-electron chi connectivity index (χ3n) is 3.52. The number of carboxylic acids is 1. The minimum Gasteiger partial charge on any atom is -0.478 e. The van der Waals surface area contributed by atoms with Crippen molar-refractivity contribution in [3.8, 4) is 0 Å². The largest absolute Gasteiger partial charge is 0.478 e. The van der Waals surface area contributed by atoms with Crippen molar-refractivity contribution >= 4 is 29.3 Å². The van der Waals surface area contributed by atoms with E-state index in [1.165, 1.54) is 18.2 Å². The van der Waals surface area contributed by atoms with Gasteiger partial charge in [-0.15, -0.1) is 0 Å². The van der Waals surface area contributed by atoms with Crippen LogP contribution in [0.4, 0.5) is 10.5 Å². The average molecular weight is 312 g/mol. The quantitative estimate of drug-likeness (QED) is 0.799. The van der Waals surface area contributed by atoms with Crippen LogP contribution < -0.4 is 10.6 Å². The van der Waals surface area contributed by atoms with Crippen molar-refractivity contribution in [1.82, 2.24) is 10.2 Å². The van der Waals surface area contributed by atoms with Crippen LogP contribution in [0.1, 0.15) is 23.2 Å². The summed E-state index contributed by atoms with van der Waals surface area (Å²) in [7, 11) is 2.05. The SMILES string of the molecule is CN1CCC(NC(=O)Nc2cc(C(=O)O)ccc2Cl)CC1.